The molecule has 0 aliphatic carbocycles. The van der Waals surface area contributed by atoms with E-state index in [0.29, 0.717) is 22.7 Å². The number of anilines is 1. The second kappa shape index (κ2) is 12.6. The lowest BCUT2D eigenvalue weighted by molar-refractivity contribution is 0.112. The number of allylic oxidation sites excluding steroid dienone is 2. The van der Waals surface area contributed by atoms with Gasteiger partial charge in [0.2, 0.25) is 0 Å². The third-order valence-corrected chi connectivity index (χ3v) is 7.61. The molecule has 3 heterocycles. The number of aliphatic imine (C=N–C) groups is 1. The molecule has 4 rings (SSSR count). The van der Waals surface area contributed by atoms with Crippen LogP contribution in [0.4, 0.5) is 14.6 Å². The molecule has 1 aliphatic heterocycles. The lowest BCUT2D eigenvalue weighted by Crippen LogP contribution is -2.31. The number of hydrogen-bond acceptors (Lipinski definition) is 6. The predicted molar refractivity (Wildman–Crippen MR) is 158 cm³/mol. The maximum atomic E-state index is 16.2. The second-order valence-electron chi connectivity index (χ2n) is 11.3. The first-order valence-electron chi connectivity index (χ1n) is 14.2. The highest BCUT2D eigenvalue weighted by molar-refractivity contribution is 6.08. The van der Waals surface area contributed by atoms with Crippen LogP contribution in [0.2, 0.25) is 0 Å². The van der Waals surface area contributed by atoms with Crippen LogP contribution in [-0.4, -0.2) is 62.7 Å². The Labute approximate surface area is 236 Å². The van der Waals surface area contributed by atoms with Crippen molar-refractivity contribution in [2.24, 2.45) is 10.9 Å². The predicted octanol–water partition coefficient (Wildman–Crippen LogP) is 6.39. The Morgan fingerprint density at radius 1 is 1.30 bits per heavy atom. The van der Waals surface area contributed by atoms with E-state index in [-0.39, 0.29) is 36.3 Å². The summed E-state index contributed by atoms with van der Waals surface area (Å²) in [6.07, 6.45) is 6.69. The summed E-state index contributed by atoms with van der Waals surface area (Å²) in [7, 11) is 2.06. The largest absolute Gasteiger partial charge is 0.388 e. The summed E-state index contributed by atoms with van der Waals surface area (Å²) in [5.74, 6) is 0.953. The summed E-state index contributed by atoms with van der Waals surface area (Å²) in [6, 6.07) is 6.83. The maximum Gasteiger partial charge on any atom is 0.153 e. The Morgan fingerprint density at radius 3 is 2.70 bits per heavy atom. The number of halogens is 2. The van der Waals surface area contributed by atoms with Crippen molar-refractivity contribution in [1.82, 2.24) is 19.4 Å². The lowest BCUT2D eigenvalue weighted by atomic mass is 9.91. The number of pyridine rings is 1. The normalized spacial score (nSPS) is 19.1. The van der Waals surface area contributed by atoms with Gasteiger partial charge in [-0.15, -0.1) is 0 Å². The van der Waals surface area contributed by atoms with Crippen LogP contribution in [0, 0.1) is 18.7 Å². The third-order valence-electron chi connectivity index (χ3n) is 7.61. The van der Waals surface area contributed by atoms with Gasteiger partial charge in [-0.3, -0.25) is 4.99 Å². The van der Waals surface area contributed by atoms with E-state index in [9.17, 15) is 5.11 Å². The van der Waals surface area contributed by atoms with E-state index in [2.05, 4.69) is 32.2 Å². The van der Waals surface area contributed by atoms with E-state index < -0.39 is 17.6 Å². The molecule has 1 aromatic carbocycles. The number of benzene rings is 1. The monoisotopic (exact) mass is 552 g/mol. The number of nitrogens with one attached hydrogen (secondary N) is 1. The summed E-state index contributed by atoms with van der Waals surface area (Å²) in [6.45, 7) is 11.2. The minimum Gasteiger partial charge on any atom is -0.388 e. The molecule has 0 amide bonds. The molecule has 0 bridgehead atoms. The van der Waals surface area contributed by atoms with Gasteiger partial charge in [0.25, 0.3) is 0 Å². The summed E-state index contributed by atoms with van der Waals surface area (Å²) in [5.41, 5.74) is 0.377. The molecule has 7 nitrogen and oxygen atoms in total. The Morgan fingerprint density at radius 2 is 2.08 bits per heavy atom. The van der Waals surface area contributed by atoms with Gasteiger partial charge in [0.05, 0.1) is 17.3 Å². The number of aliphatic hydroxyl groups is 1. The zero-order valence-electron chi connectivity index (χ0n) is 24.5. The summed E-state index contributed by atoms with van der Waals surface area (Å²) in [5, 5.41) is 13.9. The minimum atomic E-state index is -1.83. The van der Waals surface area contributed by atoms with Crippen molar-refractivity contribution >= 4 is 22.6 Å². The summed E-state index contributed by atoms with van der Waals surface area (Å²) >= 11 is 0. The van der Waals surface area contributed by atoms with Crippen LogP contribution in [0.1, 0.15) is 76.1 Å². The van der Waals surface area contributed by atoms with Crippen LogP contribution in [0.25, 0.3) is 11.0 Å². The quantitative estimate of drug-likeness (QED) is 0.213. The number of hydrogen-bond donors (Lipinski definition) is 2. The average molecular weight is 553 g/mol. The van der Waals surface area contributed by atoms with Gasteiger partial charge in [0.1, 0.15) is 23.8 Å². The molecule has 1 saturated heterocycles. The van der Waals surface area contributed by atoms with Gasteiger partial charge in [0.15, 0.2) is 11.5 Å². The molecule has 0 spiro atoms. The fourth-order valence-corrected chi connectivity index (χ4v) is 5.57. The molecule has 2 aromatic heterocycles. The van der Waals surface area contributed by atoms with Crippen LogP contribution in [-0.2, 0) is 0 Å². The highest BCUT2D eigenvalue weighted by Gasteiger charge is 2.32. The molecule has 2 N–H and O–H groups in total. The molecule has 1 unspecified atom stereocenters. The zero-order valence-corrected chi connectivity index (χ0v) is 24.5. The van der Waals surface area contributed by atoms with Crippen molar-refractivity contribution in [3.63, 3.8) is 0 Å². The number of imidazole rings is 1. The van der Waals surface area contributed by atoms with E-state index in [1.807, 2.05) is 44.4 Å². The van der Waals surface area contributed by atoms with Gasteiger partial charge < -0.3 is 19.9 Å². The van der Waals surface area contributed by atoms with Crippen molar-refractivity contribution in [1.29, 1.82) is 0 Å². The van der Waals surface area contributed by atoms with Crippen LogP contribution in [0.5, 0.6) is 0 Å². The number of aryl methyl sites for hydroxylation is 1. The van der Waals surface area contributed by atoms with Gasteiger partial charge in [0, 0.05) is 36.7 Å². The number of rotatable bonds is 11. The van der Waals surface area contributed by atoms with Gasteiger partial charge in [-0.1, -0.05) is 25.1 Å². The molecule has 1 fully saturated rings. The minimum absolute atomic E-state index is 0.0524. The molecular weight excluding hydrogens is 510 g/mol. The third kappa shape index (κ3) is 6.58. The van der Waals surface area contributed by atoms with Crippen molar-refractivity contribution in [3.05, 3.63) is 65.4 Å². The number of likely N-dealkylation sites (tertiary alicyclic amines) is 1. The Kier molecular flexibility index (Phi) is 9.36. The number of fused-ring (bicyclic) bond motifs is 1. The fraction of sp³-hybridized carbons (Fsp3) is 0.516. The zero-order chi connectivity index (χ0) is 29.0. The summed E-state index contributed by atoms with van der Waals surface area (Å²) < 4.78 is 33.4. The fourth-order valence-electron chi connectivity index (χ4n) is 5.57. The van der Waals surface area contributed by atoms with Crippen molar-refractivity contribution in [3.8, 4) is 0 Å². The molecule has 0 saturated carbocycles. The maximum absolute atomic E-state index is 16.2. The SMILES string of the molecule is CC/C=C/CC(C)(F)C(=NCNc1ccc([C@H](O)[C@@H]2CCN(C)C2)cn1)c1cc(F)c2nc(C)n(C(C)C)c2c1. The van der Waals surface area contributed by atoms with Crippen molar-refractivity contribution in [2.75, 3.05) is 32.1 Å². The summed E-state index contributed by atoms with van der Waals surface area (Å²) in [4.78, 5) is 15.7. The van der Waals surface area contributed by atoms with Crippen LogP contribution in [0.15, 0.2) is 47.6 Å². The molecule has 3 aromatic rings. The number of aliphatic hydroxyl groups excluding tert-OH is 1. The number of aromatic nitrogens is 3. The van der Waals surface area contributed by atoms with Crippen molar-refractivity contribution in [2.45, 2.75) is 71.7 Å². The topological polar surface area (TPSA) is 78.6 Å². The molecular formula is C31H42F2N6O. The van der Waals surface area contributed by atoms with E-state index >= 15 is 8.78 Å². The Hall–Kier alpha value is -3.17. The molecule has 9 heteroatoms. The second-order valence-corrected chi connectivity index (χ2v) is 11.3. The average Bonchev–Trinajstić information content (AvgIpc) is 3.49. The smallest absolute Gasteiger partial charge is 0.153 e. The highest BCUT2D eigenvalue weighted by Crippen LogP contribution is 2.31. The standard InChI is InChI=1S/C31H42F2N6O/c1-7-8-9-13-31(5,33)30(24-15-25(32)28-26(16-24)39(20(2)3)21(4)37-28)36-19-35-27-11-10-22(17-34-27)29(40)23-12-14-38(6)18-23/h8-11,15-17,20,23,29,40H,7,12-14,18-19H2,1-6H3,(H,34,35)/b9-8+,36-30?/t23-,29+,31?/m1/s1. The molecule has 3 atom stereocenters. The first kappa shape index (κ1) is 29.8. The number of nitrogens with zero attached hydrogens (tertiary/aromatic N) is 5. The van der Waals surface area contributed by atoms with E-state index in [4.69, 9.17) is 0 Å². The molecule has 0 radical (unpaired) electrons. The Bertz CT molecular complexity index is 1360. The van der Waals surface area contributed by atoms with E-state index in [0.717, 1.165) is 31.5 Å². The Balaban J connectivity index is 1.60. The van der Waals surface area contributed by atoms with Crippen LogP contribution in [0.3, 0.4) is 0 Å². The van der Waals surface area contributed by atoms with Crippen LogP contribution >= 0.6 is 0 Å². The molecule has 1 aliphatic rings. The van der Waals surface area contributed by atoms with Gasteiger partial charge in [-0.05, 0) is 77.9 Å². The first-order valence-corrected chi connectivity index (χ1v) is 14.2. The molecule has 216 valence electrons. The van der Waals surface area contributed by atoms with Gasteiger partial charge in [-0.25, -0.2) is 18.7 Å². The van der Waals surface area contributed by atoms with Crippen molar-refractivity contribution < 1.29 is 13.9 Å². The van der Waals surface area contributed by atoms with Crippen LogP contribution < -0.4 is 5.32 Å². The first-order chi connectivity index (χ1) is 19.0. The highest BCUT2D eigenvalue weighted by atomic mass is 19.1. The van der Waals surface area contributed by atoms with Gasteiger partial charge >= 0.3 is 0 Å². The lowest BCUT2D eigenvalue weighted by Gasteiger charge is -2.23. The van der Waals surface area contributed by atoms with E-state index in [1.54, 1.807) is 24.4 Å². The number of alkyl halides is 1. The van der Waals surface area contributed by atoms with Gasteiger partial charge in [-0.2, -0.15) is 0 Å². The molecule has 40 heavy (non-hydrogen) atoms. The van der Waals surface area contributed by atoms with E-state index in [1.165, 1.54) is 13.0 Å².